The van der Waals surface area contributed by atoms with Crippen LogP contribution in [0.15, 0.2) is 140 Å². The quantitative estimate of drug-likeness (QED) is 0.154. The molecule has 43 heavy (non-hydrogen) atoms. The molecule has 0 fully saturated rings. The first-order chi connectivity index (χ1) is 21.2. The van der Waals surface area contributed by atoms with Crippen molar-refractivity contribution in [3.05, 3.63) is 163 Å². The van der Waals surface area contributed by atoms with E-state index in [4.69, 9.17) is 4.74 Å². The summed E-state index contributed by atoms with van der Waals surface area (Å²) in [6, 6.07) is 48.3. The Morgan fingerprint density at radius 1 is 0.674 bits per heavy atom. The van der Waals surface area contributed by atoms with E-state index in [-0.39, 0.29) is 6.71 Å². The Hall–Kier alpha value is -4.60. The first-order valence-corrected chi connectivity index (χ1v) is 15.2. The van der Waals surface area contributed by atoms with Crippen LogP contribution in [0, 0.1) is 22.7 Å². The average Bonchev–Trinajstić information content (AvgIpc) is 3.73. The maximum atomic E-state index is 5.40. The van der Waals surface area contributed by atoms with Crippen LogP contribution in [0.4, 0.5) is 5.69 Å². The van der Waals surface area contributed by atoms with Crippen molar-refractivity contribution in [2.45, 2.75) is 0 Å². The van der Waals surface area contributed by atoms with Gasteiger partial charge in [0, 0.05) is 0 Å². The van der Waals surface area contributed by atoms with E-state index in [1.165, 1.54) is 27.7 Å². The predicted octanol–water partition coefficient (Wildman–Crippen LogP) is 5.77. The molecule has 0 radical (unpaired) electrons. The number of ether oxygens (including phenoxy) is 1. The van der Waals surface area contributed by atoms with E-state index in [1.807, 2.05) is 11.1 Å². The van der Waals surface area contributed by atoms with Crippen molar-refractivity contribution in [2.75, 3.05) is 4.90 Å². The van der Waals surface area contributed by atoms with Crippen LogP contribution < -0.4 is 21.3 Å². The second-order valence-electron chi connectivity index (χ2n) is 10.4. The van der Waals surface area contributed by atoms with E-state index >= 15 is 0 Å². The predicted molar refractivity (Wildman–Crippen MR) is 171 cm³/mol. The normalized spacial score (nSPS) is 12.4. The molecule has 0 unspecified atom stereocenters. The summed E-state index contributed by atoms with van der Waals surface area (Å²) in [5.41, 5.74) is 9.94. The number of aryl methyl sites for hydroxylation is 1. The summed E-state index contributed by atoms with van der Waals surface area (Å²) < 4.78 is 10.8. The fourth-order valence-electron chi connectivity index (χ4n) is 5.67. The van der Waals surface area contributed by atoms with E-state index in [2.05, 4.69) is 175 Å². The SMILES string of the molecule is Cn1ccn(-c2[c-]c(B(c3[c-]c(N4C=CO[CH-]4)ccc3)c3c(-c4ccccc4)cccc3-c3ccccc3)ccc2)[c]1=[Pt]. The van der Waals surface area contributed by atoms with Gasteiger partial charge in [-0.15, -0.1) is 0 Å². The van der Waals surface area contributed by atoms with Crippen molar-refractivity contribution >= 4 is 28.8 Å². The standard InChI is InChI=1S/C37H27BN3O.Pt/c1-39-21-22-40(27-39)33-17-8-15-31(25-33)38(32-16-9-18-34(26-32)41-23-24-42-28-41)37-35(29-11-4-2-5-12-29)19-10-20-36(37)30-13-6-3-7-14-30;/h2-24,28H,1H3;/q-3;. The summed E-state index contributed by atoms with van der Waals surface area (Å²) in [7, 11) is 2.06. The van der Waals surface area contributed by atoms with Crippen LogP contribution in [0.1, 0.15) is 0 Å². The molecule has 0 saturated carbocycles. The van der Waals surface area contributed by atoms with Gasteiger partial charge >= 0.3 is 265 Å². The molecule has 212 valence electrons. The molecule has 1 aliphatic rings. The first-order valence-electron chi connectivity index (χ1n) is 14.1. The summed E-state index contributed by atoms with van der Waals surface area (Å²) in [5, 5.41) is 0. The van der Waals surface area contributed by atoms with Crippen molar-refractivity contribution in [3.8, 4) is 27.9 Å². The molecule has 0 spiro atoms. The Morgan fingerprint density at radius 3 is 1.81 bits per heavy atom. The average molecular weight is 736 g/mol. The van der Waals surface area contributed by atoms with Crippen LogP contribution in [0.25, 0.3) is 27.9 Å². The van der Waals surface area contributed by atoms with Crippen molar-refractivity contribution < 1.29 is 24.1 Å². The molecule has 0 amide bonds. The Morgan fingerprint density at radius 2 is 1.26 bits per heavy atom. The van der Waals surface area contributed by atoms with Crippen molar-refractivity contribution in [2.24, 2.45) is 7.05 Å². The number of hydrogen-bond acceptors (Lipinski definition) is 2. The summed E-state index contributed by atoms with van der Waals surface area (Å²) >= 11 is 2.36. The minimum atomic E-state index is -0.166. The molecule has 2 heterocycles. The van der Waals surface area contributed by atoms with Crippen molar-refractivity contribution in [3.63, 3.8) is 0 Å². The summed E-state index contributed by atoms with van der Waals surface area (Å²) in [6.07, 6.45) is 7.73. The van der Waals surface area contributed by atoms with Gasteiger partial charge in [-0.3, -0.25) is 0 Å². The van der Waals surface area contributed by atoms with Crippen LogP contribution in [0.2, 0.25) is 0 Å². The fourth-order valence-corrected chi connectivity index (χ4v) is 6.28. The van der Waals surface area contributed by atoms with Crippen LogP contribution >= 0.6 is 0 Å². The molecule has 0 bridgehead atoms. The Bertz CT molecular complexity index is 1920. The number of benzene rings is 5. The van der Waals surface area contributed by atoms with Gasteiger partial charge in [-0.1, -0.05) is 0 Å². The Labute approximate surface area is 263 Å². The van der Waals surface area contributed by atoms with Gasteiger partial charge in [0.25, 0.3) is 0 Å². The first kappa shape index (κ1) is 27.2. The Kier molecular flexibility index (Phi) is 7.57. The molecule has 6 heteroatoms. The topological polar surface area (TPSA) is 22.3 Å². The number of imidazole rings is 1. The molecule has 0 saturated heterocycles. The van der Waals surface area contributed by atoms with Crippen LogP contribution in [0.3, 0.4) is 0 Å². The third-order valence-corrected chi connectivity index (χ3v) is 9.04. The number of nitrogens with zero attached hydrogens (tertiary/aromatic N) is 3. The molecular formula is C37H27BN3OPt-3. The number of rotatable bonds is 7. The molecule has 1 aromatic heterocycles. The molecule has 0 atom stereocenters. The van der Waals surface area contributed by atoms with Gasteiger partial charge in [-0.2, -0.15) is 0 Å². The van der Waals surface area contributed by atoms with Gasteiger partial charge in [0.05, 0.1) is 0 Å². The van der Waals surface area contributed by atoms with Gasteiger partial charge in [0.15, 0.2) is 0 Å². The summed E-state index contributed by atoms with van der Waals surface area (Å²) in [6.45, 7) is 1.53. The second-order valence-corrected chi connectivity index (χ2v) is 11.4. The van der Waals surface area contributed by atoms with Gasteiger partial charge in [0.1, 0.15) is 0 Å². The molecule has 0 N–H and O–H groups in total. The van der Waals surface area contributed by atoms with E-state index in [9.17, 15) is 0 Å². The molecular weight excluding hydrogens is 708 g/mol. The van der Waals surface area contributed by atoms with E-state index < -0.39 is 0 Å². The third-order valence-electron chi connectivity index (χ3n) is 7.70. The van der Waals surface area contributed by atoms with E-state index in [0.717, 1.165) is 26.1 Å². The zero-order valence-corrected chi connectivity index (χ0v) is 25.8. The van der Waals surface area contributed by atoms with Gasteiger partial charge in [-0.05, 0) is 0 Å². The Balaban J connectivity index is 1.52. The molecule has 6 aromatic rings. The minimum absolute atomic E-state index is 0.166. The molecule has 0 aliphatic carbocycles. The molecule has 7 rings (SSSR count). The van der Waals surface area contributed by atoms with Crippen molar-refractivity contribution in [1.82, 2.24) is 9.13 Å². The fraction of sp³-hybridized carbons (Fsp3) is 0.0270. The van der Waals surface area contributed by atoms with Crippen molar-refractivity contribution in [1.29, 1.82) is 0 Å². The summed E-state index contributed by atoms with van der Waals surface area (Å²) in [4.78, 5) is 1.95. The number of anilines is 1. The van der Waals surface area contributed by atoms with Crippen LogP contribution in [-0.2, 0) is 31.1 Å². The number of hydrogen-bond donors (Lipinski definition) is 0. The third kappa shape index (κ3) is 5.37. The zero-order chi connectivity index (χ0) is 29.2. The molecule has 1 aliphatic heterocycles. The summed E-state index contributed by atoms with van der Waals surface area (Å²) in [5.74, 6) is 0. The van der Waals surface area contributed by atoms with Gasteiger partial charge in [-0.25, -0.2) is 0 Å². The van der Waals surface area contributed by atoms with E-state index in [1.54, 1.807) is 13.0 Å². The van der Waals surface area contributed by atoms with E-state index in [0.29, 0.717) is 0 Å². The number of aromatic nitrogens is 2. The van der Waals surface area contributed by atoms with Gasteiger partial charge in [0.2, 0.25) is 0 Å². The zero-order valence-electron chi connectivity index (χ0n) is 23.5. The molecule has 4 nitrogen and oxygen atoms in total. The van der Waals surface area contributed by atoms with Gasteiger partial charge < -0.3 is 0 Å². The van der Waals surface area contributed by atoms with Crippen LogP contribution in [0.5, 0.6) is 0 Å². The maximum absolute atomic E-state index is 5.40. The van der Waals surface area contributed by atoms with Crippen LogP contribution in [-0.4, -0.2) is 15.8 Å². The molecule has 5 aromatic carbocycles. The second kappa shape index (κ2) is 12.0. The monoisotopic (exact) mass is 735 g/mol.